The predicted octanol–water partition coefficient (Wildman–Crippen LogP) is 3.86. The maximum atomic E-state index is 11.9. The number of amides is 1. The highest BCUT2D eigenvalue weighted by molar-refractivity contribution is 5.91. The lowest BCUT2D eigenvalue weighted by Gasteiger charge is -2.09. The lowest BCUT2D eigenvalue weighted by atomic mass is 10.1. The molecule has 0 atom stereocenters. The first-order valence-electron chi connectivity index (χ1n) is 8.53. The van der Waals surface area contributed by atoms with Crippen LogP contribution >= 0.6 is 0 Å². The zero-order valence-corrected chi connectivity index (χ0v) is 14.8. The number of nitrogens with one attached hydrogen (secondary N) is 1. The predicted molar refractivity (Wildman–Crippen MR) is 101 cm³/mol. The second kappa shape index (κ2) is 10.2. The Morgan fingerprint density at radius 3 is 2.64 bits per heavy atom. The van der Waals surface area contributed by atoms with E-state index in [1.54, 1.807) is 19.3 Å². The Kier molecular flexibility index (Phi) is 7.57. The zero-order chi connectivity index (χ0) is 17.9. The molecule has 0 fully saturated rings. The highest BCUT2D eigenvalue weighted by Gasteiger charge is 2.04. The van der Waals surface area contributed by atoms with E-state index in [1.165, 1.54) is 5.56 Å². The molecule has 0 aliphatic rings. The van der Waals surface area contributed by atoms with Crippen LogP contribution in [0.3, 0.4) is 0 Å². The normalized spacial score (nSPS) is 10.6. The standard InChI is InChI=1S/C21H25NO3/c1-3-25-20-16-18(11-13-19(20)24-2)12-14-21(23)22-15-7-10-17-8-5-4-6-9-17/h4-6,8-9,11-14,16H,3,7,10,15H2,1-2H3,(H,22,23)/b14-12+. The van der Waals surface area contributed by atoms with E-state index < -0.39 is 0 Å². The number of aryl methyl sites for hydroxylation is 1. The summed E-state index contributed by atoms with van der Waals surface area (Å²) in [7, 11) is 1.61. The summed E-state index contributed by atoms with van der Waals surface area (Å²) >= 11 is 0. The summed E-state index contributed by atoms with van der Waals surface area (Å²) in [5.74, 6) is 1.27. The van der Waals surface area contributed by atoms with Gasteiger partial charge in [-0.1, -0.05) is 36.4 Å². The summed E-state index contributed by atoms with van der Waals surface area (Å²) < 4.78 is 10.8. The quantitative estimate of drug-likeness (QED) is 0.557. The lowest BCUT2D eigenvalue weighted by molar-refractivity contribution is -0.116. The van der Waals surface area contributed by atoms with E-state index in [0.29, 0.717) is 24.7 Å². The molecule has 1 amide bonds. The first kappa shape index (κ1) is 18.6. The largest absolute Gasteiger partial charge is 0.493 e. The fraction of sp³-hybridized carbons (Fsp3) is 0.286. The van der Waals surface area contributed by atoms with Crippen molar-refractivity contribution in [3.8, 4) is 11.5 Å². The van der Waals surface area contributed by atoms with Crippen LogP contribution in [0.4, 0.5) is 0 Å². The van der Waals surface area contributed by atoms with Crippen molar-refractivity contribution in [3.05, 3.63) is 65.7 Å². The van der Waals surface area contributed by atoms with Crippen molar-refractivity contribution in [2.75, 3.05) is 20.3 Å². The van der Waals surface area contributed by atoms with Crippen molar-refractivity contribution >= 4 is 12.0 Å². The molecule has 25 heavy (non-hydrogen) atoms. The molecule has 0 aromatic heterocycles. The van der Waals surface area contributed by atoms with Crippen LogP contribution in [0, 0.1) is 0 Å². The van der Waals surface area contributed by atoms with Crippen LogP contribution in [-0.2, 0) is 11.2 Å². The molecule has 0 bridgehead atoms. The number of hydrogen-bond acceptors (Lipinski definition) is 3. The van der Waals surface area contributed by atoms with Crippen LogP contribution in [0.15, 0.2) is 54.6 Å². The van der Waals surface area contributed by atoms with E-state index in [2.05, 4.69) is 17.4 Å². The average molecular weight is 339 g/mol. The maximum absolute atomic E-state index is 11.9. The van der Waals surface area contributed by atoms with Crippen molar-refractivity contribution in [3.63, 3.8) is 0 Å². The number of rotatable bonds is 9. The van der Waals surface area contributed by atoms with E-state index in [0.717, 1.165) is 18.4 Å². The summed E-state index contributed by atoms with van der Waals surface area (Å²) in [6, 6.07) is 15.9. The second-order valence-electron chi connectivity index (χ2n) is 5.56. The van der Waals surface area contributed by atoms with Crippen molar-refractivity contribution in [1.82, 2.24) is 5.32 Å². The van der Waals surface area contributed by atoms with Gasteiger partial charge < -0.3 is 14.8 Å². The maximum Gasteiger partial charge on any atom is 0.243 e. The Hall–Kier alpha value is -2.75. The van der Waals surface area contributed by atoms with E-state index in [1.807, 2.05) is 43.3 Å². The van der Waals surface area contributed by atoms with Crippen molar-refractivity contribution in [1.29, 1.82) is 0 Å². The summed E-state index contributed by atoms with van der Waals surface area (Å²) in [5, 5.41) is 2.90. The molecule has 132 valence electrons. The van der Waals surface area contributed by atoms with Gasteiger partial charge in [-0.05, 0) is 49.1 Å². The van der Waals surface area contributed by atoms with Crippen LogP contribution in [0.5, 0.6) is 11.5 Å². The van der Waals surface area contributed by atoms with E-state index in [4.69, 9.17) is 9.47 Å². The monoisotopic (exact) mass is 339 g/mol. The molecule has 4 heteroatoms. The SMILES string of the molecule is CCOc1cc(/C=C/C(=O)NCCCc2ccccc2)ccc1OC. The fourth-order valence-corrected chi connectivity index (χ4v) is 2.44. The van der Waals surface area contributed by atoms with Gasteiger partial charge in [-0.2, -0.15) is 0 Å². The van der Waals surface area contributed by atoms with Crippen LogP contribution in [0.2, 0.25) is 0 Å². The number of ether oxygens (including phenoxy) is 2. The molecule has 0 aliphatic heterocycles. The highest BCUT2D eigenvalue weighted by Crippen LogP contribution is 2.28. The molecule has 2 aromatic rings. The first-order valence-corrected chi connectivity index (χ1v) is 8.53. The number of benzene rings is 2. The van der Waals surface area contributed by atoms with Gasteiger partial charge in [0.1, 0.15) is 0 Å². The Labute approximate surface area is 149 Å². The summed E-state index contributed by atoms with van der Waals surface area (Å²) in [4.78, 5) is 11.9. The van der Waals surface area contributed by atoms with Crippen LogP contribution in [0.25, 0.3) is 6.08 Å². The molecular formula is C21H25NO3. The van der Waals surface area contributed by atoms with Gasteiger partial charge in [-0.15, -0.1) is 0 Å². The minimum absolute atomic E-state index is 0.0955. The zero-order valence-electron chi connectivity index (χ0n) is 14.8. The Morgan fingerprint density at radius 2 is 1.92 bits per heavy atom. The second-order valence-corrected chi connectivity index (χ2v) is 5.56. The van der Waals surface area contributed by atoms with Gasteiger partial charge in [0.05, 0.1) is 13.7 Å². The minimum atomic E-state index is -0.0955. The van der Waals surface area contributed by atoms with Gasteiger partial charge in [0, 0.05) is 12.6 Å². The molecule has 0 spiro atoms. The third-order valence-corrected chi connectivity index (χ3v) is 3.70. The summed E-state index contributed by atoms with van der Waals surface area (Å²) in [5.41, 5.74) is 2.18. The molecule has 0 saturated heterocycles. The Balaban J connectivity index is 1.80. The van der Waals surface area contributed by atoms with Crippen molar-refractivity contribution < 1.29 is 14.3 Å². The number of hydrogen-bond donors (Lipinski definition) is 1. The Morgan fingerprint density at radius 1 is 1.12 bits per heavy atom. The third kappa shape index (κ3) is 6.34. The van der Waals surface area contributed by atoms with Crippen LogP contribution in [-0.4, -0.2) is 26.2 Å². The average Bonchev–Trinajstić information content (AvgIpc) is 2.65. The van der Waals surface area contributed by atoms with Gasteiger partial charge in [-0.25, -0.2) is 0 Å². The Bertz CT molecular complexity index is 696. The van der Waals surface area contributed by atoms with Gasteiger partial charge in [-0.3, -0.25) is 4.79 Å². The summed E-state index contributed by atoms with van der Waals surface area (Å²) in [6.07, 6.45) is 5.19. The van der Waals surface area contributed by atoms with Crippen LogP contribution < -0.4 is 14.8 Å². The van der Waals surface area contributed by atoms with Crippen molar-refractivity contribution in [2.45, 2.75) is 19.8 Å². The molecule has 4 nitrogen and oxygen atoms in total. The number of methoxy groups -OCH3 is 1. The van der Waals surface area contributed by atoms with Crippen molar-refractivity contribution in [2.24, 2.45) is 0 Å². The third-order valence-electron chi connectivity index (χ3n) is 3.70. The van der Waals surface area contributed by atoms with Crippen LogP contribution in [0.1, 0.15) is 24.5 Å². The van der Waals surface area contributed by atoms with E-state index in [9.17, 15) is 4.79 Å². The lowest BCUT2D eigenvalue weighted by Crippen LogP contribution is -2.22. The minimum Gasteiger partial charge on any atom is -0.493 e. The molecule has 2 rings (SSSR count). The van der Waals surface area contributed by atoms with Gasteiger partial charge >= 0.3 is 0 Å². The molecule has 0 unspecified atom stereocenters. The first-order chi connectivity index (χ1) is 12.2. The molecule has 0 aliphatic carbocycles. The van der Waals surface area contributed by atoms with Gasteiger partial charge in [0.25, 0.3) is 0 Å². The van der Waals surface area contributed by atoms with Gasteiger partial charge in [0.2, 0.25) is 5.91 Å². The smallest absolute Gasteiger partial charge is 0.243 e. The van der Waals surface area contributed by atoms with Gasteiger partial charge in [0.15, 0.2) is 11.5 Å². The highest BCUT2D eigenvalue weighted by atomic mass is 16.5. The molecule has 2 aromatic carbocycles. The molecule has 0 saturated carbocycles. The molecule has 0 radical (unpaired) electrons. The number of carbonyl (C=O) groups excluding carboxylic acids is 1. The molecule has 0 heterocycles. The van der Waals surface area contributed by atoms with E-state index >= 15 is 0 Å². The topological polar surface area (TPSA) is 47.6 Å². The fourth-order valence-electron chi connectivity index (χ4n) is 2.44. The van der Waals surface area contributed by atoms with E-state index in [-0.39, 0.29) is 5.91 Å². The molecule has 1 N–H and O–H groups in total. The number of carbonyl (C=O) groups is 1. The summed E-state index contributed by atoms with van der Waals surface area (Å²) in [6.45, 7) is 3.14. The molecular weight excluding hydrogens is 314 g/mol.